The molecule has 0 aromatic rings. The number of aliphatic hydroxyl groups excluding tert-OH is 1. The predicted octanol–water partition coefficient (Wildman–Crippen LogP) is 12.3. The number of ether oxygens (including phenoxy) is 1. The highest BCUT2D eigenvalue weighted by Crippen LogP contribution is 2.23. The molecule has 40 heavy (non-hydrogen) atoms. The molecule has 0 saturated carbocycles. The SMILES string of the molecule is CCCCCCCCCCCCCOC(=O)CC(CCCCCCCCCC)CCCC(O)CCCCCCC. The molecule has 0 radical (unpaired) electrons. The largest absolute Gasteiger partial charge is 0.466 e. The van der Waals surface area contributed by atoms with E-state index in [0.29, 0.717) is 18.9 Å². The van der Waals surface area contributed by atoms with Crippen LogP contribution in [0.4, 0.5) is 0 Å². The van der Waals surface area contributed by atoms with Gasteiger partial charge < -0.3 is 9.84 Å². The lowest BCUT2D eigenvalue weighted by atomic mass is 9.91. The van der Waals surface area contributed by atoms with E-state index in [0.717, 1.165) is 44.9 Å². The fourth-order valence-corrected chi connectivity index (χ4v) is 5.93. The lowest BCUT2D eigenvalue weighted by Crippen LogP contribution is -2.14. The van der Waals surface area contributed by atoms with Gasteiger partial charge in [0.05, 0.1) is 12.7 Å². The standard InChI is InChI=1S/C37H74O3/c1-4-7-10-13-15-17-18-19-21-24-27-33-40-37(39)34-35(29-25-23-20-16-14-11-8-5-2)30-28-32-36(38)31-26-22-12-9-6-3/h35-36,38H,4-34H2,1-3H3. The number of carbonyl (C=O) groups is 1. The first-order valence-corrected chi connectivity index (χ1v) is 18.5. The molecule has 0 aromatic carbocycles. The van der Waals surface area contributed by atoms with Crippen molar-refractivity contribution in [1.82, 2.24) is 0 Å². The molecule has 0 bridgehead atoms. The Balaban J connectivity index is 4.10. The van der Waals surface area contributed by atoms with Crippen LogP contribution < -0.4 is 0 Å². The fraction of sp³-hybridized carbons (Fsp3) is 0.973. The Morgan fingerprint density at radius 3 is 1.30 bits per heavy atom. The monoisotopic (exact) mass is 567 g/mol. The maximum atomic E-state index is 12.6. The van der Waals surface area contributed by atoms with Crippen LogP contribution in [0.3, 0.4) is 0 Å². The normalized spacial score (nSPS) is 13.0. The highest BCUT2D eigenvalue weighted by molar-refractivity contribution is 5.69. The van der Waals surface area contributed by atoms with Crippen LogP contribution in [-0.2, 0) is 9.53 Å². The minimum Gasteiger partial charge on any atom is -0.466 e. The van der Waals surface area contributed by atoms with Crippen molar-refractivity contribution in [1.29, 1.82) is 0 Å². The van der Waals surface area contributed by atoms with Crippen molar-refractivity contribution in [3.8, 4) is 0 Å². The quantitative estimate of drug-likeness (QED) is 0.0634. The van der Waals surface area contributed by atoms with E-state index in [1.54, 1.807) is 0 Å². The third kappa shape index (κ3) is 30.4. The second-order valence-corrected chi connectivity index (χ2v) is 12.9. The minimum atomic E-state index is -0.168. The number of esters is 1. The first kappa shape index (κ1) is 39.4. The molecule has 0 rings (SSSR count). The molecule has 0 amide bonds. The molecule has 1 N–H and O–H groups in total. The van der Waals surface area contributed by atoms with E-state index in [2.05, 4.69) is 20.8 Å². The van der Waals surface area contributed by atoms with Gasteiger partial charge in [-0.2, -0.15) is 0 Å². The number of hydrogen-bond acceptors (Lipinski definition) is 3. The molecule has 3 nitrogen and oxygen atoms in total. The van der Waals surface area contributed by atoms with E-state index in [4.69, 9.17) is 4.74 Å². The van der Waals surface area contributed by atoms with E-state index in [9.17, 15) is 9.90 Å². The summed E-state index contributed by atoms with van der Waals surface area (Å²) in [5.74, 6) is 0.426. The first-order chi connectivity index (χ1) is 19.6. The zero-order chi connectivity index (χ0) is 29.4. The Morgan fingerprint density at radius 2 is 0.825 bits per heavy atom. The Hall–Kier alpha value is -0.570. The molecular formula is C37H74O3. The Bertz CT molecular complexity index is 492. The summed E-state index contributed by atoms with van der Waals surface area (Å²) in [7, 11) is 0. The molecule has 3 heteroatoms. The summed E-state index contributed by atoms with van der Waals surface area (Å²) in [6, 6.07) is 0. The molecule has 0 saturated heterocycles. The summed E-state index contributed by atoms with van der Waals surface area (Å²) in [4.78, 5) is 12.6. The van der Waals surface area contributed by atoms with E-state index in [-0.39, 0.29) is 12.1 Å². The average molecular weight is 567 g/mol. The van der Waals surface area contributed by atoms with Gasteiger partial charge in [0.25, 0.3) is 0 Å². The molecular weight excluding hydrogens is 492 g/mol. The Labute approximate surface area is 252 Å². The van der Waals surface area contributed by atoms with Crippen LogP contribution in [0.5, 0.6) is 0 Å². The minimum absolute atomic E-state index is 0.00752. The Kier molecular flexibility index (Phi) is 32.5. The zero-order valence-electron chi connectivity index (χ0n) is 27.8. The molecule has 0 aromatic heterocycles. The smallest absolute Gasteiger partial charge is 0.306 e. The molecule has 240 valence electrons. The molecule has 0 heterocycles. The van der Waals surface area contributed by atoms with Crippen molar-refractivity contribution in [3.05, 3.63) is 0 Å². The van der Waals surface area contributed by atoms with Crippen molar-refractivity contribution in [3.63, 3.8) is 0 Å². The summed E-state index contributed by atoms with van der Waals surface area (Å²) in [5.41, 5.74) is 0. The second kappa shape index (κ2) is 32.9. The van der Waals surface area contributed by atoms with Gasteiger partial charge in [0, 0.05) is 6.42 Å². The number of hydrogen-bond donors (Lipinski definition) is 1. The summed E-state index contributed by atoms with van der Waals surface area (Å²) < 4.78 is 5.66. The maximum Gasteiger partial charge on any atom is 0.306 e. The van der Waals surface area contributed by atoms with Gasteiger partial charge in [-0.1, -0.05) is 175 Å². The zero-order valence-corrected chi connectivity index (χ0v) is 27.8. The summed E-state index contributed by atoms with van der Waals surface area (Å²) in [6.07, 6.45) is 36.8. The number of aliphatic hydroxyl groups is 1. The topological polar surface area (TPSA) is 46.5 Å². The van der Waals surface area contributed by atoms with Crippen LogP contribution in [0.2, 0.25) is 0 Å². The lowest BCUT2D eigenvalue weighted by Gasteiger charge is -2.18. The molecule has 2 atom stereocenters. The van der Waals surface area contributed by atoms with Gasteiger partial charge in [0.2, 0.25) is 0 Å². The first-order valence-electron chi connectivity index (χ1n) is 18.5. The van der Waals surface area contributed by atoms with Gasteiger partial charge >= 0.3 is 5.97 Å². The van der Waals surface area contributed by atoms with Crippen LogP contribution in [0.25, 0.3) is 0 Å². The molecule has 0 aliphatic carbocycles. The number of rotatable bonds is 33. The van der Waals surface area contributed by atoms with Crippen LogP contribution in [0.15, 0.2) is 0 Å². The van der Waals surface area contributed by atoms with Gasteiger partial charge in [-0.25, -0.2) is 0 Å². The summed E-state index contributed by atoms with van der Waals surface area (Å²) >= 11 is 0. The molecule has 0 aliphatic rings. The van der Waals surface area contributed by atoms with E-state index >= 15 is 0 Å². The summed E-state index contributed by atoms with van der Waals surface area (Å²) in [5, 5.41) is 10.4. The van der Waals surface area contributed by atoms with Gasteiger partial charge in [-0.05, 0) is 38.0 Å². The molecule has 0 spiro atoms. The fourth-order valence-electron chi connectivity index (χ4n) is 5.93. The maximum absolute atomic E-state index is 12.6. The van der Waals surface area contributed by atoms with Gasteiger partial charge in [-0.15, -0.1) is 0 Å². The summed E-state index contributed by atoms with van der Waals surface area (Å²) in [6.45, 7) is 7.39. The Morgan fingerprint density at radius 1 is 0.475 bits per heavy atom. The highest BCUT2D eigenvalue weighted by Gasteiger charge is 2.16. The second-order valence-electron chi connectivity index (χ2n) is 12.9. The number of carbonyl (C=O) groups excluding carboxylic acids is 1. The van der Waals surface area contributed by atoms with Crippen molar-refractivity contribution < 1.29 is 14.6 Å². The predicted molar refractivity (Wildman–Crippen MR) is 176 cm³/mol. The van der Waals surface area contributed by atoms with Crippen LogP contribution in [-0.4, -0.2) is 23.8 Å². The van der Waals surface area contributed by atoms with Crippen molar-refractivity contribution >= 4 is 5.97 Å². The highest BCUT2D eigenvalue weighted by atomic mass is 16.5. The number of unbranched alkanes of at least 4 members (excludes halogenated alkanes) is 21. The van der Waals surface area contributed by atoms with Crippen LogP contribution >= 0.6 is 0 Å². The third-order valence-corrected chi connectivity index (χ3v) is 8.72. The van der Waals surface area contributed by atoms with E-state index in [1.165, 1.54) is 141 Å². The van der Waals surface area contributed by atoms with Crippen molar-refractivity contribution in [2.24, 2.45) is 5.92 Å². The third-order valence-electron chi connectivity index (χ3n) is 8.72. The van der Waals surface area contributed by atoms with Crippen LogP contribution in [0.1, 0.15) is 213 Å². The molecule has 0 aliphatic heterocycles. The van der Waals surface area contributed by atoms with Gasteiger partial charge in [0.15, 0.2) is 0 Å². The molecule has 0 fully saturated rings. The van der Waals surface area contributed by atoms with Crippen molar-refractivity contribution in [2.45, 2.75) is 219 Å². The van der Waals surface area contributed by atoms with E-state index < -0.39 is 0 Å². The lowest BCUT2D eigenvalue weighted by molar-refractivity contribution is -0.145. The molecule has 2 unspecified atom stereocenters. The van der Waals surface area contributed by atoms with Crippen molar-refractivity contribution in [2.75, 3.05) is 6.61 Å². The van der Waals surface area contributed by atoms with Gasteiger partial charge in [-0.3, -0.25) is 4.79 Å². The van der Waals surface area contributed by atoms with Crippen LogP contribution in [0, 0.1) is 5.92 Å². The average Bonchev–Trinajstić information content (AvgIpc) is 2.94. The van der Waals surface area contributed by atoms with Gasteiger partial charge in [0.1, 0.15) is 0 Å². The van der Waals surface area contributed by atoms with E-state index in [1.807, 2.05) is 0 Å².